The molecule has 0 aromatic heterocycles. The smallest absolute Gasteiger partial charge is 0.167 e. The molecule has 1 aliphatic rings. The Bertz CT molecular complexity index is 454. The highest BCUT2D eigenvalue weighted by molar-refractivity contribution is 5.54. The van der Waals surface area contributed by atoms with Gasteiger partial charge >= 0.3 is 0 Å². The zero-order chi connectivity index (χ0) is 14.7. The summed E-state index contributed by atoms with van der Waals surface area (Å²) in [6.45, 7) is 8.65. The van der Waals surface area contributed by atoms with Crippen molar-refractivity contribution < 1.29 is 9.13 Å². The number of nitrogens with one attached hydrogen (secondary N) is 1. The zero-order valence-corrected chi connectivity index (χ0v) is 12.9. The number of hydrogen-bond donors (Lipinski definition) is 1. The minimum Gasteiger partial charge on any atom is -0.494 e. The van der Waals surface area contributed by atoms with Crippen molar-refractivity contribution >= 4 is 5.69 Å². The SMILES string of the molecule is COc1cc(C)c(NC2CCN(C(C)C)CC2)cc1F. The van der Waals surface area contributed by atoms with Gasteiger partial charge in [-0.1, -0.05) is 0 Å². The molecular formula is C16H25FN2O. The Balaban J connectivity index is 1.99. The third kappa shape index (κ3) is 3.42. The summed E-state index contributed by atoms with van der Waals surface area (Å²) in [6.07, 6.45) is 2.20. The van der Waals surface area contributed by atoms with Crippen LogP contribution in [0.2, 0.25) is 0 Å². The fourth-order valence-electron chi connectivity index (χ4n) is 2.75. The number of hydrogen-bond acceptors (Lipinski definition) is 3. The molecule has 0 radical (unpaired) electrons. The average molecular weight is 280 g/mol. The second-order valence-corrected chi connectivity index (χ2v) is 5.85. The van der Waals surface area contributed by atoms with Crippen molar-refractivity contribution in [2.45, 2.75) is 45.7 Å². The summed E-state index contributed by atoms with van der Waals surface area (Å²) in [5.41, 5.74) is 1.90. The molecule has 0 atom stereocenters. The van der Waals surface area contributed by atoms with Crippen LogP contribution in [0.3, 0.4) is 0 Å². The van der Waals surface area contributed by atoms with Gasteiger partial charge in [0, 0.05) is 36.9 Å². The van der Waals surface area contributed by atoms with Crippen LogP contribution < -0.4 is 10.1 Å². The number of benzene rings is 1. The molecule has 1 saturated heterocycles. The highest BCUT2D eigenvalue weighted by Crippen LogP contribution is 2.27. The molecule has 1 heterocycles. The maximum absolute atomic E-state index is 13.8. The second kappa shape index (κ2) is 6.44. The van der Waals surface area contributed by atoms with E-state index >= 15 is 0 Å². The molecule has 1 aromatic carbocycles. The number of nitrogens with zero attached hydrogens (tertiary/aromatic N) is 1. The van der Waals surface area contributed by atoms with E-state index in [1.807, 2.05) is 6.92 Å². The molecule has 1 aromatic rings. The number of aryl methyl sites for hydroxylation is 1. The summed E-state index contributed by atoms with van der Waals surface area (Å²) in [4.78, 5) is 2.49. The summed E-state index contributed by atoms with van der Waals surface area (Å²) in [5.74, 6) is 0.00268. The first-order valence-corrected chi connectivity index (χ1v) is 7.36. The van der Waals surface area contributed by atoms with E-state index < -0.39 is 0 Å². The summed E-state index contributed by atoms with van der Waals surface area (Å²) in [5, 5.41) is 3.48. The van der Waals surface area contributed by atoms with Crippen molar-refractivity contribution in [3.8, 4) is 5.75 Å². The lowest BCUT2D eigenvalue weighted by atomic mass is 10.0. The molecule has 0 unspecified atom stereocenters. The van der Waals surface area contributed by atoms with Crippen molar-refractivity contribution in [1.82, 2.24) is 4.90 Å². The lowest BCUT2D eigenvalue weighted by Gasteiger charge is -2.35. The largest absolute Gasteiger partial charge is 0.494 e. The molecular weight excluding hydrogens is 255 g/mol. The van der Waals surface area contributed by atoms with E-state index in [1.165, 1.54) is 7.11 Å². The van der Waals surface area contributed by atoms with E-state index in [0.29, 0.717) is 17.8 Å². The molecule has 0 spiro atoms. The van der Waals surface area contributed by atoms with Gasteiger partial charge < -0.3 is 15.0 Å². The molecule has 1 fully saturated rings. The Morgan fingerprint density at radius 1 is 1.30 bits per heavy atom. The standard InChI is InChI=1S/C16H25FN2O/c1-11(2)19-7-5-13(6-8-19)18-15-10-14(17)16(20-4)9-12(15)3/h9-11,13,18H,5-8H2,1-4H3. The first-order chi connectivity index (χ1) is 9.51. The number of ether oxygens (including phenoxy) is 1. The van der Waals surface area contributed by atoms with Gasteiger partial charge in [-0.25, -0.2) is 4.39 Å². The minimum atomic E-state index is -0.305. The second-order valence-electron chi connectivity index (χ2n) is 5.85. The number of methoxy groups -OCH3 is 1. The summed E-state index contributed by atoms with van der Waals surface area (Å²) in [7, 11) is 1.49. The summed E-state index contributed by atoms with van der Waals surface area (Å²) < 4.78 is 18.8. The van der Waals surface area contributed by atoms with Crippen molar-refractivity contribution in [1.29, 1.82) is 0 Å². The molecule has 1 aliphatic heterocycles. The molecule has 4 heteroatoms. The van der Waals surface area contributed by atoms with Crippen LogP contribution in [0.25, 0.3) is 0 Å². The molecule has 1 N–H and O–H groups in total. The van der Waals surface area contributed by atoms with Crippen LogP contribution in [-0.4, -0.2) is 37.2 Å². The summed E-state index contributed by atoms with van der Waals surface area (Å²) in [6, 6.07) is 4.33. The van der Waals surface area contributed by atoms with Gasteiger partial charge in [0.1, 0.15) is 0 Å². The van der Waals surface area contributed by atoms with Gasteiger partial charge in [0.25, 0.3) is 0 Å². The van der Waals surface area contributed by atoms with Gasteiger partial charge in [0.15, 0.2) is 11.6 Å². The maximum atomic E-state index is 13.8. The van der Waals surface area contributed by atoms with Crippen LogP contribution >= 0.6 is 0 Å². The molecule has 112 valence electrons. The van der Waals surface area contributed by atoms with E-state index in [-0.39, 0.29) is 5.82 Å². The predicted molar refractivity (Wildman–Crippen MR) is 81.0 cm³/mol. The lowest BCUT2D eigenvalue weighted by molar-refractivity contribution is 0.177. The Hall–Kier alpha value is -1.29. The van der Waals surface area contributed by atoms with Gasteiger partial charge in [-0.2, -0.15) is 0 Å². The third-order valence-corrected chi connectivity index (χ3v) is 4.12. The fourth-order valence-corrected chi connectivity index (χ4v) is 2.75. The van der Waals surface area contributed by atoms with Gasteiger partial charge in [-0.15, -0.1) is 0 Å². The number of anilines is 1. The minimum absolute atomic E-state index is 0.305. The number of rotatable bonds is 4. The Morgan fingerprint density at radius 3 is 2.50 bits per heavy atom. The molecule has 0 aliphatic carbocycles. The Morgan fingerprint density at radius 2 is 1.95 bits per heavy atom. The van der Waals surface area contributed by atoms with Gasteiger partial charge in [-0.05, 0) is 45.2 Å². The first-order valence-electron chi connectivity index (χ1n) is 7.36. The van der Waals surface area contributed by atoms with Crippen molar-refractivity contribution in [3.63, 3.8) is 0 Å². The highest BCUT2D eigenvalue weighted by atomic mass is 19.1. The van der Waals surface area contributed by atoms with E-state index in [2.05, 4.69) is 24.1 Å². The third-order valence-electron chi connectivity index (χ3n) is 4.12. The topological polar surface area (TPSA) is 24.5 Å². The average Bonchev–Trinajstić information content (AvgIpc) is 2.43. The van der Waals surface area contributed by atoms with Gasteiger partial charge in [-0.3, -0.25) is 0 Å². The monoisotopic (exact) mass is 280 g/mol. The number of likely N-dealkylation sites (tertiary alicyclic amines) is 1. The molecule has 0 bridgehead atoms. The first kappa shape index (κ1) is 15.1. The predicted octanol–water partition coefficient (Wildman–Crippen LogP) is 3.43. The van der Waals surface area contributed by atoms with E-state index in [0.717, 1.165) is 37.2 Å². The van der Waals surface area contributed by atoms with Crippen LogP contribution in [0.4, 0.5) is 10.1 Å². The molecule has 2 rings (SSSR count). The molecule has 20 heavy (non-hydrogen) atoms. The maximum Gasteiger partial charge on any atom is 0.167 e. The van der Waals surface area contributed by atoms with E-state index in [4.69, 9.17) is 4.74 Å². The van der Waals surface area contributed by atoms with Gasteiger partial charge in [0.05, 0.1) is 7.11 Å². The van der Waals surface area contributed by atoms with Crippen LogP contribution in [0.5, 0.6) is 5.75 Å². The van der Waals surface area contributed by atoms with Crippen molar-refractivity contribution in [2.24, 2.45) is 0 Å². The fraction of sp³-hybridized carbons (Fsp3) is 0.625. The Labute approximate surface area is 121 Å². The van der Waals surface area contributed by atoms with Gasteiger partial charge in [0.2, 0.25) is 0 Å². The van der Waals surface area contributed by atoms with Crippen molar-refractivity contribution in [3.05, 3.63) is 23.5 Å². The highest BCUT2D eigenvalue weighted by Gasteiger charge is 2.21. The molecule has 3 nitrogen and oxygen atoms in total. The molecule has 0 amide bonds. The quantitative estimate of drug-likeness (QED) is 0.914. The van der Waals surface area contributed by atoms with Crippen LogP contribution in [0.15, 0.2) is 12.1 Å². The molecule has 0 saturated carbocycles. The lowest BCUT2D eigenvalue weighted by Crippen LogP contribution is -2.42. The van der Waals surface area contributed by atoms with E-state index in [9.17, 15) is 4.39 Å². The Kier molecular flexibility index (Phi) is 4.86. The van der Waals surface area contributed by atoms with Crippen LogP contribution in [0, 0.1) is 12.7 Å². The normalized spacial score (nSPS) is 17.5. The van der Waals surface area contributed by atoms with Crippen molar-refractivity contribution in [2.75, 3.05) is 25.5 Å². The van der Waals surface area contributed by atoms with E-state index in [1.54, 1.807) is 12.1 Å². The van der Waals surface area contributed by atoms with Crippen LogP contribution in [-0.2, 0) is 0 Å². The summed E-state index contributed by atoms with van der Waals surface area (Å²) >= 11 is 0. The number of piperidine rings is 1. The number of halogens is 1. The zero-order valence-electron chi connectivity index (χ0n) is 12.9. The van der Waals surface area contributed by atoms with Crippen LogP contribution in [0.1, 0.15) is 32.3 Å².